The minimum absolute atomic E-state index is 0.104. The number of carbonyl (C=O) groups excluding carboxylic acids is 1. The van der Waals surface area contributed by atoms with E-state index in [9.17, 15) is 4.79 Å². The number of carbonyl (C=O) groups is 1. The van der Waals surface area contributed by atoms with Crippen LogP contribution in [-0.4, -0.2) is 10.9 Å². The van der Waals surface area contributed by atoms with Gasteiger partial charge in [0.25, 0.3) is 0 Å². The molecule has 2 aromatic carbocycles. The van der Waals surface area contributed by atoms with E-state index in [0.717, 1.165) is 33.8 Å². The first-order chi connectivity index (χ1) is 10.6. The Morgan fingerprint density at radius 1 is 1.09 bits per heavy atom. The number of nitrogens with one attached hydrogen (secondary N) is 1. The Balaban J connectivity index is 2.04. The number of hydrogen-bond acceptors (Lipinski definition) is 3. The number of anilines is 1. The van der Waals surface area contributed by atoms with Gasteiger partial charge in [0.15, 0.2) is 0 Å². The monoisotopic (exact) mass is 292 g/mol. The summed E-state index contributed by atoms with van der Waals surface area (Å²) >= 11 is 0. The number of pyridine rings is 1. The van der Waals surface area contributed by atoms with Gasteiger partial charge in [-0.1, -0.05) is 18.2 Å². The van der Waals surface area contributed by atoms with Gasteiger partial charge in [0.05, 0.1) is 5.52 Å². The lowest BCUT2D eigenvalue weighted by atomic mass is 10.1. The first-order valence-electron chi connectivity index (χ1n) is 7.04. The van der Waals surface area contributed by atoms with E-state index in [0.29, 0.717) is 0 Å². The second-order valence-corrected chi connectivity index (χ2v) is 5.09. The molecule has 0 saturated carbocycles. The molecule has 1 aromatic heterocycles. The number of fused-ring (bicyclic) bond motifs is 1. The number of ether oxygens (including phenoxy) is 1. The van der Waals surface area contributed by atoms with Gasteiger partial charge in [0, 0.05) is 29.8 Å². The van der Waals surface area contributed by atoms with Crippen molar-refractivity contribution in [2.24, 2.45) is 0 Å². The summed E-state index contributed by atoms with van der Waals surface area (Å²) in [6.07, 6.45) is 0. The quantitative estimate of drug-likeness (QED) is 0.783. The van der Waals surface area contributed by atoms with Crippen LogP contribution in [0.5, 0.6) is 11.5 Å². The van der Waals surface area contributed by atoms with Crippen LogP contribution in [0.1, 0.15) is 12.6 Å². The molecule has 1 N–H and O–H groups in total. The average molecular weight is 292 g/mol. The normalized spacial score (nSPS) is 10.5. The predicted octanol–water partition coefficient (Wildman–Crippen LogP) is 4.29. The van der Waals surface area contributed by atoms with Crippen molar-refractivity contribution in [3.8, 4) is 11.5 Å². The first-order valence-corrected chi connectivity index (χ1v) is 7.04. The van der Waals surface area contributed by atoms with Crippen molar-refractivity contribution < 1.29 is 9.53 Å². The predicted molar refractivity (Wildman–Crippen MR) is 87.3 cm³/mol. The summed E-state index contributed by atoms with van der Waals surface area (Å²) < 4.78 is 5.97. The van der Waals surface area contributed by atoms with E-state index < -0.39 is 0 Å². The maximum Gasteiger partial charge on any atom is 0.221 e. The lowest BCUT2D eigenvalue weighted by Crippen LogP contribution is -2.05. The lowest BCUT2D eigenvalue weighted by Gasteiger charge is -2.11. The van der Waals surface area contributed by atoms with Crippen LogP contribution in [0.25, 0.3) is 10.9 Å². The molecular formula is C18H16N2O2. The van der Waals surface area contributed by atoms with Gasteiger partial charge in [-0.2, -0.15) is 0 Å². The Bertz CT molecular complexity index is 829. The highest BCUT2D eigenvalue weighted by Crippen LogP contribution is 2.31. The summed E-state index contributed by atoms with van der Waals surface area (Å²) in [7, 11) is 0. The molecule has 0 unspecified atom stereocenters. The van der Waals surface area contributed by atoms with Crippen molar-refractivity contribution in [3.05, 3.63) is 60.3 Å². The van der Waals surface area contributed by atoms with E-state index in [1.165, 1.54) is 6.92 Å². The van der Waals surface area contributed by atoms with Crippen molar-refractivity contribution in [2.45, 2.75) is 13.8 Å². The Morgan fingerprint density at radius 3 is 2.59 bits per heavy atom. The summed E-state index contributed by atoms with van der Waals surface area (Å²) in [5.41, 5.74) is 2.37. The molecule has 1 heterocycles. The second-order valence-electron chi connectivity index (χ2n) is 5.09. The molecule has 3 aromatic rings. The van der Waals surface area contributed by atoms with Gasteiger partial charge in [0.2, 0.25) is 5.91 Å². The van der Waals surface area contributed by atoms with E-state index in [1.54, 1.807) is 0 Å². The molecule has 0 bridgehead atoms. The molecule has 0 radical (unpaired) electrons. The number of amides is 1. The Morgan fingerprint density at radius 2 is 1.86 bits per heavy atom. The molecule has 1 amide bonds. The molecule has 0 atom stereocenters. The highest BCUT2D eigenvalue weighted by molar-refractivity contribution is 5.93. The third-order valence-electron chi connectivity index (χ3n) is 3.19. The third kappa shape index (κ3) is 3.06. The Hall–Kier alpha value is -2.88. The summed E-state index contributed by atoms with van der Waals surface area (Å²) in [5, 5.41) is 3.67. The van der Waals surface area contributed by atoms with Gasteiger partial charge in [-0.15, -0.1) is 0 Å². The number of para-hydroxylation sites is 1. The fraction of sp³-hybridized carbons (Fsp3) is 0.111. The summed E-state index contributed by atoms with van der Waals surface area (Å²) in [4.78, 5) is 15.7. The standard InChI is InChI=1S/C18H16N2O2/c1-12-10-18(22-15-6-4-3-5-7-15)16-9-8-14(20-13(2)21)11-17(16)19-12/h3-11H,1-2H3,(H,20,21). The van der Waals surface area contributed by atoms with Gasteiger partial charge >= 0.3 is 0 Å². The van der Waals surface area contributed by atoms with Gasteiger partial charge in [-0.25, -0.2) is 0 Å². The number of benzene rings is 2. The molecule has 0 spiro atoms. The number of rotatable bonds is 3. The minimum atomic E-state index is -0.104. The van der Waals surface area contributed by atoms with Crippen LogP contribution in [0.15, 0.2) is 54.6 Å². The highest BCUT2D eigenvalue weighted by Gasteiger charge is 2.08. The number of nitrogens with zero attached hydrogens (tertiary/aromatic N) is 1. The zero-order chi connectivity index (χ0) is 15.5. The van der Waals surface area contributed by atoms with Crippen molar-refractivity contribution in [3.63, 3.8) is 0 Å². The van der Waals surface area contributed by atoms with Gasteiger partial charge in [0.1, 0.15) is 11.5 Å². The number of aryl methyl sites for hydroxylation is 1. The topological polar surface area (TPSA) is 51.2 Å². The average Bonchev–Trinajstić information content (AvgIpc) is 2.47. The zero-order valence-electron chi connectivity index (χ0n) is 12.5. The van der Waals surface area contributed by atoms with Crippen LogP contribution in [0.2, 0.25) is 0 Å². The molecule has 4 heteroatoms. The molecule has 110 valence electrons. The minimum Gasteiger partial charge on any atom is -0.457 e. The van der Waals surface area contributed by atoms with Gasteiger partial charge < -0.3 is 10.1 Å². The van der Waals surface area contributed by atoms with Crippen LogP contribution in [0.3, 0.4) is 0 Å². The van der Waals surface area contributed by atoms with Crippen LogP contribution in [0, 0.1) is 6.92 Å². The maximum atomic E-state index is 11.2. The van der Waals surface area contributed by atoms with E-state index >= 15 is 0 Å². The van der Waals surface area contributed by atoms with E-state index in [2.05, 4.69) is 10.3 Å². The van der Waals surface area contributed by atoms with Crippen LogP contribution >= 0.6 is 0 Å². The Kier molecular flexibility index (Phi) is 3.74. The fourth-order valence-electron chi connectivity index (χ4n) is 2.30. The van der Waals surface area contributed by atoms with Crippen LogP contribution < -0.4 is 10.1 Å². The molecular weight excluding hydrogens is 276 g/mol. The summed E-state index contributed by atoms with van der Waals surface area (Å²) in [5.74, 6) is 1.43. The van der Waals surface area contributed by atoms with Crippen molar-refractivity contribution >= 4 is 22.5 Å². The van der Waals surface area contributed by atoms with Crippen molar-refractivity contribution in [1.29, 1.82) is 0 Å². The molecule has 0 aliphatic heterocycles. The van der Waals surface area contributed by atoms with E-state index in [4.69, 9.17) is 4.74 Å². The zero-order valence-corrected chi connectivity index (χ0v) is 12.5. The number of aromatic nitrogens is 1. The Labute approximate surface area is 128 Å². The second kappa shape index (κ2) is 5.85. The lowest BCUT2D eigenvalue weighted by molar-refractivity contribution is -0.114. The molecule has 0 aliphatic carbocycles. The van der Waals surface area contributed by atoms with Crippen molar-refractivity contribution in [1.82, 2.24) is 4.98 Å². The van der Waals surface area contributed by atoms with Crippen LogP contribution in [0.4, 0.5) is 5.69 Å². The summed E-state index contributed by atoms with van der Waals surface area (Å²) in [6, 6.07) is 17.1. The molecule has 0 saturated heterocycles. The first kappa shape index (κ1) is 14.1. The third-order valence-corrected chi connectivity index (χ3v) is 3.19. The van der Waals surface area contributed by atoms with Gasteiger partial charge in [-0.05, 0) is 37.3 Å². The van der Waals surface area contributed by atoms with E-state index in [-0.39, 0.29) is 5.91 Å². The van der Waals surface area contributed by atoms with Gasteiger partial charge in [-0.3, -0.25) is 9.78 Å². The highest BCUT2D eigenvalue weighted by atomic mass is 16.5. The smallest absolute Gasteiger partial charge is 0.221 e. The fourth-order valence-corrected chi connectivity index (χ4v) is 2.30. The van der Waals surface area contributed by atoms with Crippen LogP contribution in [-0.2, 0) is 4.79 Å². The molecule has 22 heavy (non-hydrogen) atoms. The molecule has 0 fully saturated rings. The van der Waals surface area contributed by atoms with Crippen molar-refractivity contribution in [2.75, 3.05) is 5.32 Å². The largest absolute Gasteiger partial charge is 0.457 e. The SMILES string of the molecule is CC(=O)Nc1ccc2c(Oc3ccccc3)cc(C)nc2c1. The molecule has 0 aliphatic rings. The molecule has 3 rings (SSSR count). The molecule has 4 nitrogen and oxygen atoms in total. The van der Waals surface area contributed by atoms with E-state index in [1.807, 2.05) is 61.5 Å². The number of hydrogen-bond donors (Lipinski definition) is 1. The maximum absolute atomic E-state index is 11.2. The summed E-state index contributed by atoms with van der Waals surface area (Å²) in [6.45, 7) is 3.40.